The van der Waals surface area contributed by atoms with E-state index in [0.717, 1.165) is 0 Å². The van der Waals surface area contributed by atoms with Gasteiger partial charge in [-0.1, -0.05) is 40.9 Å². The van der Waals surface area contributed by atoms with Crippen LogP contribution >= 0.6 is 47.0 Å². The summed E-state index contributed by atoms with van der Waals surface area (Å²) in [5.41, 5.74) is 0.522. The van der Waals surface area contributed by atoms with Crippen molar-refractivity contribution in [1.82, 2.24) is 4.31 Å². The average molecular weight is 525 g/mol. The summed E-state index contributed by atoms with van der Waals surface area (Å²) < 4.78 is 33.0. The molecule has 0 aromatic heterocycles. The number of methoxy groups -OCH3 is 1. The van der Waals surface area contributed by atoms with Crippen molar-refractivity contribution in [3.8, 4) is 5.75 Å². The van der Waals surface area contributed by atoms with E-state index in [9.17, 15) is 13.5 Å². The third-order valence-corrected chi connectivity index (χ3v) is 8.26. The zero-order valence-corrected chi connectivity index (χ0v) is 20.3. The molecule has 1 aliphatic heterocycles. The van der Waals surface area contributed by atoms with Crippen LogP contribution in [0.15, 0.2) is 35.2 Å². The van der Waals surface area contributed by atoms with Crippen molar-refractivity contribution in [1.29, 1.82) is 0 Å². The summed E-state index contributed by atoms with van der Waals surface area (Å²) in [5.74, 6) is -0.531. The van der Waals surface area contributed by atoms with Gasteiger partial charge in [0.15, 0.2) is 10.9 Å². The molecule has 1 saturated heterocycles. The van der Waals surface area contributed by atoms with Crippen molar-refractivity contribution in [2.45, 2.75) is 23.8 Å². The first-order chi connectivity index (χ1) is 14.7. The Morgan fingerprint density at radius 2 is 1.90 bits per heavy atom. The van der Waals surface area contributed by atoms with E-state index < -0.39 is 15.8 Å². The second kappa shape index (κ2) is 10.1. The Morgan fingerprint density at radius 1 is 1.19 bits per heavy atom. The van der Waals surface area contributed by atoms with Crippen LogP contribution in [0.2, 0.25) is 15.1 Å². The Kier molecular flexibility index (Phi) is 7.90. The predicted octanol–water partition coefficient (Wildman–Crippen LogP) is 4.96. The maximum absolute atomic E-state index is 13.3. The molecule has 1 aliphatic rings. The van der Waals surface area contributed by atoms with Crippen LogP contribution < -0.4 is 10.6 Å². The Labute approximate surface area is 201 Å². The first kappa shape index (κ1) is 24.3. The summed E-state index contributed by atoms with van der Waals surface area (Å²) >= 11 is 23.6. The number of rotatable bonds is 6. The van der Waals surface area contributed by atoms with Crippen LogP contribution in [-0.2, 0) is 14.8 Å². The van der Waals surface area contributed by atoms with Crippen molar-refractivity contribution >= 4 is 73.5 Å². The van der Waals surface area contributed by atoms with Crippen molar-refractivity contribution < 1.29 is 18.3 Å². The monoisotopic (exact) mass is 523 g/mol. The van der Waals surface area contributed by atoms with Crippen LogP contribution in [0.1, 0.15) is 12.8 Å². The Hall–Kier alpha value is -1.33. The molecule has 3 N–H and O–H groups in total. The average Bonchev–Trinajstić information content (AvgIpc) is 3.17. The predicted molar refractivity (Wildman–Crippen MR) is 128 cm³/mol. The first-order valence-corrected chi connectivity index (χ1v) is 12.2. The molecule has 0 saturated carbocycles. The van der Waals surface area contributed by atoms with Gasteiger partial charge in [0.2, 0.25) is 10.0 Å². The van der Waals surface area contributed by atoms with Gasteiger partial charge in [0.25, 0.3) is 0 Å². The highest BCUT2D eigenvalue weighted by Crippen LogP contribution is 2.40. The molecule has 0 aliphatic carbocycles. The molecule has 0 radical (unpaired) electrons. The lowest BCUT2D eigenvalue weighted by Crippen LogP contribution is -2.38. The van der Waals surface area contributed by atoms with Crippen LogP contribution in [0, 0.1) is 0 Å². The number of nitrogens with zero attached hydrogens (tertiary/aromatic N) is 1. The minimum Gasteiger partial charge on any atom is -0.504 e. The minimum atomic E-state index is -4.07. The molecule has 31 heavy (non-hydrogen) atoms. The van der Waals surface area contributed by atoms with E-state index in [1.807, 2.05) is 0 Å². The third kappa shape index (κ3) is 5.19. The highest BCUT2D eigenvalue weighted by molar-refractivity contribution is 7.89. The second-order valence-corrected chi connectivity index (χ2v) is 10.2. The molecule has 0 unspecified atom stereocenters. The number of halogens is 3. The van der Waals surface area contributed by atoms with Crippen molar-refractivity contribution in [2.24, 2.45) is 0 Å². The molecule has 1 atom stereocenters. The standard InChI is InChI=1S/C19H20Cl3N3O4S2/c1-29-10-11-4-3-9-25(11)31(27,28)18-13(21)7-8-15(17(18)26)24-19(30)23-14-6-2-5-12(20)16(14)22/h2,5-8,11,26H,3-4,9-10H2,1H3,(H2,23,24,30)/t11-/m1/s1. The summed E-state index contributed by atoms with van der Waals surface area (Å²) in [7, 11) is -2.56. The van der Waals surface area contributed by atoms with Crippen molar-refractivity contribution in [3.63, 3.8) is 0 Å². The lowest BCUT2D eigenvalue weighted by molar-refractivity contribution is 0.149. The molecule has 168 valence electrons. The van der Waals surface area contributed by atoms with Crippen molar-refractivity contribution in [2.75, 3.05) is 30.9 Å². The first-order valence-electron chi connectivity index (χ1n) is 9.21. The van der Waals surface area contributed by atoms with E-state index in [1.54, 1.807) is 18.2 Å². The number of thiocarbonyl (C=S) groups is 1. The highest BCUT2D eigenvalue weighted by Gasteiger charge is 2.38. The van der Waals surface area contributed by atoms with E-state index in [1.165, 1.54) is 23.5 Å². The van der Waals surface area contributed by atoms with Crippen LogP contribution in [0.3, 0.4) is 0 Å². The van der Waals surface area contributed by atoms with E-state index in [2.05, 4.69) is 10.6 Å². The number of aromatic hydroxyl groups is 1. The van der Waals surface area contributed by atoms with Gasteiger partial charge in [-0.2, -0.15) is 4.31 Å². The third-order valence-electron chi connectivity index (χ3n) is 4.78. The van der Waals surface area contributed by atoms with E-state index in [-0.39, 0.29) is 38.4 Å². The summed E-state index contributed by atoms with van der Waals surface area (Å²) in [6.07, 6.45) is 1.36. The maximum atomic E-state index is 13.3. The molecule has 0 spiro atoms. The molecule has 7 nitrogen and oxygen atoms in total. The number of phenols is 1. The Morgan fingerprint density at radius 3 is 2.61 bits per heavy atom. The fraction of sp³-hybridized carbons (Fsp3) is 0.316. The molecule has 3 rings (SSSR count). The van der Waals surface area contributed by atoms with Crippen LogP contribution in [-0.4, -0.2) is 49.2 Å². The number of sulfonamides is 1. The maximum Gasteiger partial charge on any atom is 0.248 e. The molecular formula is C19H20Cl3N3O4S2. The van der Waals surface area contributed by atoms with Crippen molar-refractivity contribution in [3.05, 3.63) is 45.4 Å². The molecule has 12 heteroatoms. The number of hydrogen-bond acceptors (Lipinski definition) is 5. The number of nitrogens with one attached hydrogen (secondary N) is 2. The summed E-state index contributed by atoms with van der Waals surface area (Å²) in [6, 6.07) is 7.48. The van der Waals surface area contributed by atoms with Gasteiger partial charge in [-0.25, -0.2) is 8.42 Å². The van der Waals surface area contributed by atoms with Gasteiger partial charge < -0.3 is 20.5 Å². The molecule has 2 aromatic carbocycles. The smallest absolute Gasteiger partial charge is 0.248 e. The quantitative estimate of drug-likeness (QED) is 0.363. The lowest BCUT2D eigenvalue weighted by Gasteiger charge is -2.25. The van der Waals surface area contributed by atoms with E-state index in [0.29, 0.717) is 30.1 Å². The second-order valence-electron chi connectivity index (χ2n) is 6.82. The number of anilines is 2. The Bertz CT molecular complexity index is 1100. The fourth-order valence-electron chi connectivity index (χ4n) is 3.37. The molecule has 0 amide bonds. The zero-order chi connectivity index (χ0) is 22.8. The zero-order valence-electron chi connectivity index (χ0n) is 16.4. The number of phenolic OH excluding ortho intramolecular Hbond substituents is 1. The van der Waals surface area contributed by atoms with Gasteiger partial charge in [0, 0.05) is 19.7 Å². The highest BCUT2D eigenvalue weighted by atomic mass is 35.5. The number of benzene rings is 2. The van der Waals surface area contributed by atoms with Crippen LogP contribution in [0.5, 0.6) is 5.75 Å². The number of ether oxygens (including phenoxy) is 1. The summed E-state index contributed by atoms with van der Waals surface area (Å²) in [4.78, 5) is -0.384. The molecule has 2 aromatic rings. The van der Waals surface area contributed by atoms with Gasteiger partial charge in [0.05, 0.1) is 33.0 Å². The SMILES string of the molecule is COC[C@H]1CCCN1S(=O)(=O)c1c(Cl)ccc(NC(=S)Nc2cccc(Cl)c2Cl)c1O. The largest absolute Gasteiger partial charge is 0.504 e. The van der Waals surface area contributed by atoms with Crippen LogP contribution in [0.4, 0.5) is 11.4 Å². The fourth-order valence-corrected chi connectivity index (χ4v) is 6.22. The van der Waals surface area contributed by atoms with Gasteiger partial charge in [-0.3, -0.25) is 0 Å². The Balaban J connectivity index is 1.88. The van der Waals surface area contributed by atoms with Gasteiger partial charge in [0.1, 0.15) is 4.90 Å². The minimum absolute atomic E-state index is 0.0705. The van der Waals surface area contributed by atoms with Gasteiger partial charge in [-0.15, -0.1) is 0 Å². The molecule has 0 bridgehead atoms. The van der Waals surface area contributed by atoms with E-state index >= 15 is 0 Å². The van der Waals surface area contributed by atoms with Gasteiger partial charge in [-0.05, 0) is 49.3 Å². The lowest BCUT2D eigenvalue weighted by atomic mass is 10.2. The normalized spacial score (nSPS) is 17.0. The summed E-state index contributed by atoms with van der Waals surface area (Å²) in [6.45, 7) is 0.570. The van der Waals surface area contributed by atoms with Crippen LogP contribution in [0.25, 0.3) is 0 Å². The van der Waals surface area contributed by atoms with E-state index in [4.69, 9.17) is 51.8 Å². The molecular weight excluding hydrogens is 505 g/mol. The van der Waals surface area contributed by atoms with Gasteiger partial charge >= 0.3 is 0 Å². The topological polar surface area (TPSA) is 90.9 Å². The molecule has 1 fully saturated rings. The number of hydrogen-bond donors (Lipinski definition) is 3. The summed E-state index contributed by atoms with van der Waals surface area (Å²) in [5, 5.41) is 17.0. The molecule has 1 heterocycles.